The van der Waals surface area contributed by atoms with Crippen molar-refractivity contribution in [1.29, 1.82) is 0 Å². The smallest absolute Gasteiger partial charge is 0.243 e. The van der Waals surface area contributed by atoms with E-state index in [0.29, 0.717) is 12.1 Å². The molecule has 0 saturated heterocycles. The van der Waals surface area contributed by atoms with Gasteiger partial charge in [0.25, 0.3) is 0 Å². The van der Waals surface area contributed by atoms with Gasteiger partial charge in [-0.15, -0.1) is 0 Å². The SMILES string of the molecule is CCN(C1CC1)S(=O)(=O)c1cc(N)c(F)cc1C. The molecule has 0 bridgehead atoms. The van der Waals surface area contributed by atoms with Gasteiger partial charge in [-0.05, 0) is 37.5 Å². The number of nitrogens with two attached hydrogens (primary N) is 1. The highest BCUT2D eigenvalue weighted by atomic mass is 32.2. The first-order valence-electron chi connectivity index (χ1n) is 5.95. The Bertz CT molecular complexity index is 568. The average Bonchev–Trinajstić information content (AvgIpc) is 3.08. The molecule has 2 rings (SSSR count). The zero-order valence-electron chi connectivity index (χ0n) is 10.5. The van der Waals surface area contributed by atoms with Crippen LogP contribution in [-0.4, -0.2) is 25.3 Å². The van der Waals surface area contributed by atoms with Gasteiger partial charge >= 0.3 is 0 Å². The second-order valence-electron chi connectivity index (χ2n) is 4.58. The third-order valence-electron chi connectivity index (χ3n) is 3.15. The molecule has 4 nitrogen and oxygen atoms in total. The van der Waals surface area contributed by atoms with E-state index in [1.807, 2.05) is 0 Å². The topological polar surface area (TPSA) is 63.4 Å². The van der Waals surface area contributed by atoms with E-state index in [9.17, 15) is 12.8 Å². The van der Waals surface area contributed by atoms with E-state index in [-0.39, 0.29) is 16.6 Å². The summed E-state index contributed by atoms with van der Waals surface area (Å²) in [5.41, 5.74) is 5.72. The lowest BCUT2D eigenvalue weighted by molar-refractivity contribution is 0.420. The molecule has 6 heteroatoms. The minimum Gasteiger partial charge on any atom is -0.396 e. The van der Waals surface area contributed by atoms with E-state index in [1.165, 1.54) is 16.4 Å². The highest BCUT2D eigenvalue weighted by Gasteiger charge is 2.37. The molecular formula is C12H17FN2O2S. The van der Waals surface area contributed by atoms with E-state index < -0.39 is 15.8 Å². The minimum absolute atomic E-state index is 0.0886. The van der Waals surface area contributed by atoms with Crippen molar-refractivity contribution in [3.05, 3.63) is 23.5 Å². The van der Waals surface area contributed by atoms with Crippen LogP contribution in [0.25, 0.3) is 0 Å². The van der Waals surface area contributed by atoms with Crippen molar-refractivity contribution in [3.8, 4) is 0 Å². The number of aryl methyl sites for hydroxylation is 1. The summed E-state index contributed by atoms with van der Waals surface area (Å²) in [5.74, 6) is -0.582. The normalized spacial score (nSPS) is 16.2. The van der Waals surface area contributed by atoms with Gasteiger partial charge in [0, 0.05) is 12.6 Å². The van der Waals surface area contributed by atoms with Gasteiger partial charge in [-0.25, -0.2) is 12.8 Å². The highest BCUT2D eigenvalue weighted by Crippen LogP contribution is 2.33. The molecule has 0 aromatic heterocycles. The Morgan fingerprint density at radius 3 is 2.56 bits per heavy atom. The summed E-state index contributed by atoms with van der Waals surface area (Å²) < 4.78 is 39.7. The number of benzene rings is 1. The van der Waals surface area contributed by atoms with Gasteiger partial charge in [0.15, 0.2) is 0 Å². The third-order valence-corrected chi connectivity index (χ3v) is 5.32. The monoisotopic (exact) mass is 272 g/mol. The molecule has 0 amide bonds. The van der Waals surface area contributed by atoms with E-state index in [4.69, 9.17) is 5.73 Å². The van der Waals surface area contributed by atoms with Gasteiger partial charge in [-0.1, -0.05) is 6.92 Å². The summed E-state index contributed by atoms with van der Waals surface area (Å²) in [7, 11) is -3.57. The second kappa shape index (κ2) is 4.51. The Morgan fingerprint density at radius 2 is 2.06 bits per heavy atom. The van der Waals surface area contributed by atoms with Crippen LogP contribution in [0.1, 0.15) is 25.3 Å². The highest BCUT2D eigenvalue weighted by molar-refractivity contribution is 7.89. The predicted molar refractivity (Wildman–Crippen MR) is 68.1 cm³/mol. The quantitative estimate of drug-likeness (QED) is 0.851. The van der Waals surface area contributed by atoms with Crippen molar-refractivity contribution in [2.45, 2.75) is 37.6 Å². The molecule has 1 saturated carbocycles. The zero-order chi connectivity index (χ0) is 13.5. The summed E-state index contributed by atoms with van der Waals surface area (Å²) >= 11 is 0. The lowest BCUT2D eigenvalue weighted by atomic mass is 10.2. The third kappa shape index (κ3) is 2.22. The van der Waals surface area contributed by atoms with Crippen LogP contribution in [0.3, 0.4) is 0 Å². The van der Waals surface area contributed by atoms with E-state index in [0.717, 1.165) is 12.8 Å². The molecule has 0 atom stereocenters. The first kappa shape index (κ1) is 13.3. The molecule has 0 heterocycles. The fraction of sp³-hybridized carbons (Fsp3) is 0.500. The van der Waals surface area contributed by atoms with Crippen LogP contribution in [0, 0.1) is 12.7 Å². The summed E-state index contributed by atoms with van der Waals surface area (Å²) in [6.45, 7) is 3.80. The van der Waals surface area contributed by atoms with Crippen molar-refractivity contribution in [2.75, 3.05) is 12.3 Å². The Kier molecular flexibility index (Phi) is 3.33. The maximum Gasteiger partial charge on any atom is 0.243 e. The molecule has 1 fully saturated rings. The van der Waals surface area contributed by atoms with Gasteiger partial charge in [-0.2, -0.15) is 4.31 Å². The minimum atomic E-state index is -3.57. The number of nitrogen functional groups attached to an aromatic ring is 1. The fourth-order valence-corrected chi connectivity index (χ4v) is 4.00. The Balaban J connectivity index is 2.49. The lowest BCUT2D eigenvalue weighted by Crippen LogP contribution is -2.33. The van der Waals surface area contributed by atoms with Crippen LogP contribution in [0.15, 0.2) is 17.0 Å². The van der Waals surface area contributed by atoms with E-state index >= 15 is 0 Å². The largest absolute Gasteiger partial charge is 0.396 e. The maximum absolute atomic E-state index is 13.3. The molecule has 0 aliphatic heterocycles. The zero-order valence-corrected chi connectivity index (χ0v) is 11.3. The van der Waals surface area contributed by atoms with Crippen LogP contribution in [0.5, 0.6) is 0 Å². The van der Waals surface area contributed by atoms with Gasteiger partial charge in [0.1, 0.15) is 5.82 Å². The van der Waals surface area contributed by atoms with Crippen LogP contribution < -0.4 is 5.73 Å². The lowest BCUT2D eigenvalue weighted by Gasteiger charge is -2.21. The number of anilines is 1. The maximum atomic E-state index is 13.3. The van der Waals surface area contributed by atoms with E-state index in [1.54, 1.807) is 13.8 Å². The van der Waals surface area contributed by atoms with Crippen molar-refractivity contribution < 1.29 is 12.8 Å². The summed E-state index contributed by atoms with van der Waals surface area (Å²) in [4.78, 5) is 0.107. The summed E-state index contributed by atoms with van der Waals surface area (Å²) in [6.07, 6.45) is 1.78. The van der Waals surface area contributed by atoms with Gasteiger partial charge in [-0.3, -0.25) is 0 Å². The molecule has 1 aliphatic rings. The van der Waals surface area contributed by atoms with Crippen molar-refractivity contribution >= 4 is 15.7 Å². The van der Waals surface area contributed by atoms with Crippen molar-refractivity contribution in [1.82, 2.24) is 4.31 Å². The number of sulfonamides is 1. The average molecular weight is 272 g/mol. The number of hydrogen-bond acceptors (Lipinski definition) is 3. The predicted octanol–water partition coefficient (Wildman–Crippen LogP) is 1.89. The number of nitrogens with zero attached hydrogens (tertiary/aromatic N) is 1. The summed E-state index contributed by atoms with van der Waals surface area (Å²) in [5, 5.41) is 0. The molecule has 0 spiro atoms. The molecule has 0 unspecified atom stereocenters. The fourth-order valence-electron chi connectivity index (χ4n) is 2.06. The number of rotatable bonds is 4. The van der Waals surface area contributed by atoms with Crippen LogP contribution >= 0.6 is 0 Å². The summed E-state index contributed by atoms with van der Waals surface area (Å²) in [6, 6.07) is 2.47. The molecule has 1 aliphatic carbocycles. The number of hydrogen-bond donors (Lipinski definition) is 1. The molecule has 1 aromatic carbocycles. The van der Waals surface area contributed by atoms with Crippen LogP contribution in [-0.2, 0) is 10.0 Å². The van der Waals surface area contributed by atoms with Crippen molar-refractivity contribution in [3.63, 3.8) is 0 Å². The molecule has 100 valence electrons. The van der Waals surface area contributed by atoms with Gasteiger partial charge in [0.2, 0.25) is 10.0 Å². The van der Waals surface area contributed by atoms with Crippen LogP contribution in [0.2, 0.25) is 0 Å². The first-order valence-corrected chi connectivity index (χ1v) is 7.39. The number of halogens is 1. The second-order valence-corrected chi connectivity index (χ2v) is 6.44. The van der Waals surface area contributed by atoms with E-state index in [2.05, 4.69) is 0 Å². The Hall–Kier alpha value is -1.14. The van der Waals surface area contributed by atoms with Gasteiger partial charge in [0.05, 0.1) is 10.6 Å². The Morgan fingerprint density at radius 1 is 1.44 bits per heavy atom. The van der Waals surface area contributed by atoms with Crippen molar-refractivity contribution in [2.24, 2.45) is 0 Å². The standard InChI is InChI=1S/C12H17FN2O2S/c1-3-15(9-4-5-9)18(16,17)12-7-11(14)10(13)6-8(12)2/h6-7,9H,3-5,14H2,1-2H3. The molecule has 1 aromatic rings. The molecular weight excluding hydrogens is 255 g/mol. The molecule has 18 heavy (non-hydrogen) atoms. The first-order chi connectivity index (χ1) is 8.37. The molecule has 2 N–H and O–H groups in total. The molecule has 0 radical (unpaired) electrons. The Labute approximate surface area is 107 Å². The van der Waals surface area contributed by atoms with Gasteiger partial charge < -0.3 is 5.73 Å². The van der Waals surface area contributed by atoms with Crippen LogP contribution in [0.4, 0.5) is 10.1 Å².